The normalized spacial score (nSPS) is 15.5. The van der Waals surface area contributed by atoms with Gasteiger partial charge >= 0.3 is 0 Å². The number of rotatable bonds is 3. The SMILES string of the molecule is O=C(N[C@H]1CCOc2ccc(F)c(F)c21)c1ccc(-c2ccnc3[nH]ccc23)cc1. The van der Waals surface area contributed by atoms with Gasteiger partial charge in [0.15, 0.2) is 11.6 Å². The summed E-state index contributed by atoms with van der Waals surface area (Å²) in [4.78, 5) is 20.1. The number of aromatic amines is 1. The molecule has 0 saturated heterocycles. The van der Waals surface area contributed by atoms with Crippen molar-refractivity contribution in [1.29, 1.82) is 0 Å². The van der Waals surface area contributed by atoms with Gasteiger partial charge in [-0.15, -0.1) is 0 Å². The number of fused-ring (bicyclic) bond motifs is 2. The molecule has 7 heteroatoms. The molecule has 0 bridgehead atoms. The van der Waals surface area contributed by atoms with Gasteiger partial charge in [-0.25, -0.2) is 13.8 Å². The minimum absolute atomic E-state index is 0.0536. The van der Waals surface area contributed by atoms with Crippen molar-refractivity contribution in [2.45, 2.75) is 12.5 Å². The van der Waals surface area contributed by atoms with Gasteiger partial charge in [-0.3, -0.25) is 4.79 Å². The highest BCUT2D eigenvalue weighted by atomic mass is 19.2. The quantitative estimate of drug-likeness (QED) is 0.516. The Morgan fingerprint density at radius 3 is 2.77 bits per heavy atom. The molecular formula is C23H17F2N3O2. The molecule has 1 atom stereocenters. The van der Waals surface area contributed by atoms with Crippen LogP contribution in [0.25, 0.3) is 22.2 Å². The molecule has 1 aliphatic heterocycles. The van der Waals surface area contributed by atoms with Crippen molar-refractivity contribution in [3.8, 4) is 16.9 Å². The second-order valence-corrected chi connectivity index (χ2v) is 7.11. The standard InChI is InChI=1S/C23H17F2N3O2/c24-17-5-6-19-20(21(17)25)18(9-12-30-19)28-23(29)14-3-1-13(2-4-14)15-7-10-26-22-16(15)8-11-27-22/h1-8,10-11,18H,9,12H2,(H,26,27)(H,28,29)/t18-/m0/s1. The van der Waals surface area contributed by atoms with Crippen LogP contribution in [0.3, 0.4) is 0 Å². The van der Waals surface area contributed by atoms with Crippen molar-refractivity contribution in [2.75, 3.05) is 6.61 Å². The van der Waals surface area contributed by atoms with Gasteiger partial charge in [-0.2, -0.15) is 0 Å². The van der Waals surface area contributed by atoms with Gasteiger partial charge in [0.2, 0.25) is 0 Å². The average Bonchev–Trinajstić information content (AvgIpc) is 3.25. The molecule has 0 saturated carbocycles. The molecule has 2 aromatic carbocycles. The molecule has 2 aromatic heterocycles. The van der Waals surface area contributed by atoms with E-state index in [0.29, 0.717) is 18.6 Å². The maximum atomic E-state index is 14.3. The second kappa shape index (κ2) is 7.26. The lowest BCUT2D eigenvalue weighted by Crippen LogP contribution is -2.33. The first kappa shape index (κ1) is 18.3. The van der Waals surface area contributed by atoms with Crippen LogP contribution in [0, 0.1) is 11.6 Å². The van der Waals surface area contributed by atoms with Crippen LogP contribution in [0.5, 0.6) is 5.75 Å². The third-order valence-electron chi connectivity index (χ3n) is 5.33. The molecule has 2 N–H and O–H groups in total. The van der Waals surface area contributed by atoms with E-state index in [2.05, 4.69) is 15.3 Å². The Morgan fingerprint density at radius 1 is 1.10 bits per heavy atom. The molecule has 0 unspecified atom stereocenters. The zero-order valence-electron chi connectivity index (χ0n) is 15.8. The van der Waals surface area contributed by atoms with E-state index in [1.165, 1.54) is 6.07 Å². The molecule has 0 aliphatic carbocycles. The van der Waals surface area contributed by atoms with Gasteiger partial charge in [0, 0.05) is 29.8 Å². The largest absolute Gasteiger partial charge is 0.493 e. The summed E-state index contributed by atoms with van der Waals surface area (Å²) in [5.41, 5.74) is 3.23. The highest BCUT2D eigenvalue weighted by Crippen LogP contribution is 2.35. The minimum Gasteiger partial charge on any atom is -0.493 e. The Kier molecular flexibility index (Phi) is 4.43. The predicted octanol–water partition coefficient (Wildman–Crippen LogP) is 4.76. The third kappa shape index (κ3) is 3.08. The second-order valence-electron chi connectivity index (χ2n) is 7.11. The lowest BCUT2D eigenvalue weighted by Gasteiger charge is -2.27. The number of amides is 1. The molecule has 5 rings (SSSR count). The van der Waals surface area contributed by atoms with Crippen LogP contribution in [-0.2, 0) is 0 Å². The Morgan fingerprint density at radius 2 is 1.93 bits per heavy atom. The van der Waals surface area contributed by atoms with E-state index < -0.39 is 17.7 Å². The Balaban J connectivity index is 1.40. The smallest absolute Gasteiger partial charge is 0.251 e. The number of halogens is 2. The highest BCUT2D eigenvalue weighted by molar-refractivity contribution is 5.96. The van der Waals surface area contributed by atoms with Gasteiger partial charge in [0.1, 0.15) is 11.4 Å². The molecular weight excluding hydrogens is 388 g/mol. The molecule has 150 valence electrons. The summed E-state index contributed by atoms with van der Waals surface area (Å²) in [5, 5.41) is 3.80. The summed E-state index contributed by atoms with van der Waals surface area (Å²) in [6.45, 7) is 0.316. The fourth-order valence-corrected chi connectivity index (χ4v) is 3.83. The number of pyridine rings is 1. The van der Waals surface area contributed by atoms with Crippen LogP contribution >= 0.6 is 0 Å². The number of benzene rings is 2. The lowest BCUT2D eigenvalue weighted by molar-refractivity contribution is 0.0923. The van der Waals surface area contributed by atoms with Gasteiger partial charge in [0.05, 0.1) is 18.2 Å². The van der Waals surface area contributed by atoms with Gasteiger partial charge in [-0.1, -0.05) is 12.1 Å². The summed E-state index contributed by atoms with van der Waals surface area (Å²) in [6.07, 6.45) is 3.92. The van der Waals surface area contributed by atoms with Gasteiger partial charge in [0.25, 0.3) is 5.91 Å². The van der Waals surface area contributed by atoms with Crippen LogP contribution < -0.4 is 10.1 Å². The number of hydrogen-bond donors (Lipinski definition) is 2. The molecule has 3 heterocycles. The third-order valence-corrected chi connectivity index (χ3v) is 5.33. The van der Waals surface area contributed by atoms with Gasteiger partial charge in [-0.05, 0) is 47.5 Å². The van der Waals surface area contributed by atoms with Crippen LogP contribution in [0.1, 0.15) is 28.4 Å². The summed E-state index contributed by atoms with van der Waals surface area (Å²) in [5.74, 6) is -2.05. The fraction of sp³-hybridized carbons (Fsp3) is 0.130. The number of hydrogen-bond acceptors (Lipinski definition) is 3. The van der Waals surface area contributed by atoms with Gasteiger partial charge < -0.3 is 15.0 Å². The molecule has 4 aromatic rings. The van der Waals surface area contributed by atoms with E-state index in [-0.39, 0.29) is 17.2 Å². The summed E-state index contributed by atoms with van der Waals surface area (Å²) >= 11 is 0. The zero-order valence-corrected chi connectivity index (χ0v) is 15.8. The van der Waals surface area contributed by atoms with Crippen LogP contribution in [0.15, 0.2) is 60.9 Å². The highest BCUT2D eigenvalue weighted by Gasteiger charge is 2.28. The maximum Gasteiger partial charge on any atom is 0.251 e. The van der Waals surface area contributed by atoms with Crippen molar-refractivity contribution < 1.29 is 18.3 Å². The number of aromatic nitrogens is 2. The van der Waals surface area contributed by atoms with Crippen molar-refractivity contribution >= 4 is 16.9 Å². The number of carbonyl (C=O) groups is 1. The number of nitrogens with zero attached hydrogens (tertiary/aromatic N) is 1. The van der Waals surface area contributed by atoms with Crippen molar-refractivity contribution in [3.63, 3.8) is 0 Å². The Hall–Kier alpha value is -3.74. The van der Waals surface area contributed by atoms with E-state index in [4.69, 9.17) is 4.74 Å². The summed E-state index contributed by atoms with van der Waals surface area (Å²) in [6, 6.07) is 12.8. The van der Waals surface area contributed by atoms with E-state index >= 15 is 0 Å². The summed E-state index contributed by atoms with van der Waals surface area (Å²) in [7, 11) is 0. The molecule has 1 aliphatic rings. The molecule has 0 spiro atoms. The van der Waals surface area contributed by atoms with E-state index in [9.17, 15) is 13.6 Å². The first-order chi connectivity index (χ1) is 14.6. The van der Waals surface area contributed by atoms with Crippen molar-refractivity contribution in [1.82, 2.24) is 15.3 Å². The molecule has 0 radical (unpaired) electrons. The molecule has 5 nitrogen and oxygen atoms in total. The molecule has 0 fully saturated rings. The Bertz CT molecular complexity index is 1250. The van der Waals surface area contributed by atoms with Crippen molar-refractivity contribution in [3.05, 3.63) is 83.7 Å². The first-order valence-electron chi connectivity index (χ1n) is 9.56. The number of carbonyl (C=O) groups excluding carboxylic acids is 1. The number of nitrogens with one attached hydrogen (secondary N) is 2. The topological polar surface area (TPSA) is 67.0 Å². The van der Waals surface area contributed by atoms with Crippen LogP contribution in [0.2, 0.25) is 0 Å². The van der Waals surface area contributed by atoms with Crippen molar-refractivity contribution in [2.24, 2.45) is 0 Å². The van der Waals surface area contributed by atoms with E-state index in [0.717, 1.165) is 28.2 Å². The van der Waals surface area contributed by atoms with Crippen LogP contribution in [-0.4, -0.2) is 22.5 Å². The molecule has 30 heavy (non-hydrogen) atoms. The average molecular weight is 405 g/mol. The molecule has 1 amide bonds. The van der Waals surface area contributed by atoms with E-state index in [1.807, 2.05) is 30.5 Å². The summed E-state index contributed by atoms with van der Waals surface area (Å²) < 4.78 is 33.4. The maximum absolute atomic E-state index is 14.3. The minimum atomic E-state index is -0.985. The first-order valence-corrected chi connectivity index (χ1v) is 9.56. The number of H-pyrrole nitrogens is 1. The monoisotopic (exact) mass is 405 g/mol. The Labute approximate surface area is 170 Å². The number of ether oxygens (including phenoxy) is 1. The fourth-order valence-electron chi connectivity index (χ4n) is 3.83. The van der Waals surface area contributed by atoms with E-state index in [1.54, 1.807) is 18.3 Å². The zero-order chi connectivity index (χ0) is 20.7. The predicted molar refractivity (Wildman–Crippen MR) is 108 cm³/mol. The van der Waals surface area contributed by atoms with Crippen LogP contribution in [0.4, 0.5) is 8.78 Å². The lowest BCUT2D eigenvalue weighted by atomic mass is 9.98.